The average molecular weight is 296 g/mol. The molecular weight excluding hydrogens is 284 g/mol. The Morgan fingerprint density at radius 2 is 2.15 bits per heavy atom. The van der Waals surface area contributed by atoms with E-state index in [0.717, 1.165) is 11.3 Å². The van der Waals surface area contributed by atoms with E-state index in [0.29, 0.717) is 22.9 Å². The second kappa shape index (κ2) is 5.70. The summed E-state index contributed by atoms with van der Waals surface area (Å²) in [6.07, 6.45) is 0. The summed E-state index contributed by atoms with van der Waals surface area (Å²) in [5.41, 5.74) is 5.84. The molecule has 0 amide bonds. The number of ether oxygens (including phenoxy) is 2. The summed E-state index contributed by atoms with van der Waals surface area (Å²) in [6, 6.07) is 2.82. The number of aromatic nitrogens is 2. The summed E-state index contributed by atoms with van der Waals surface area (Å²) in [5, 5.41) is 19.4. The van der Waals surface area contributed by atoms with Crippen LogP contribution in [0.25, 0.3) is 10.6 Å². The molecule has 0 unspecified atom stereocenters. The van der Waals surface area contributed by atoms with Crippen molar-refractivity contribution in [3.63, 3.8) is 0 Å². The number of nitro benzene ring substituents is 1. The number of nitrogens with zero attached hydrogens (tertiary/aromatic N) is 3. The summed E-state index contributed by atoms with van der Waals surface area (Å²) in [4.78, 5) is 10.5. The maximum Gasteiger partial charge on any atom is 0.311 e. The van der Waals surface area contributed by atoms with Crippen molar-refractivity contribution < 1.29 is 14.4 Å². The number of nitrogens with two attached hydrogens (primary N) is 1. The van der Waals surface area contributed by atoms with Crippen molar-refractivity contribution >= 4 is 22.2 Å². The van der Waals surface area contributed by atoms with Crippen LogP contribution in [0.5, 0.6) is 11.5 Å². The van der Waals surface area contributed by atoms with E-state index in [2.05, 4.69) is 10.2 Å². The van der Waals surface area contributed by atoms with Gasteiger partial charge in [-0.3, -0.25) is 10.1 Å². The Morgan fingerprint density at radius 3 is 2.65 bits per heavy atom. The molecule has 2 N–H and O–H groups in total. The van der Waals surface area contributed by atoms with E-state index in [4.69, 9.17) is 15.2 Å². The number of nitro groups is 1. The minimum Gasteiger partial charge on any atom is -0.493 e. The predicted molar refractivity (Wildman–Crippen MR) is 74.1 cm³/mol. The Hall–Kier alpha value is -2.42. The molecule has 20 heavy (non-hydrogen) atoms. The highest BCUT2D eigenvalue weighted by Crippen LogP contribution is 2.41. The van der Waals surface area contributed by atoms with Gasteiger partial charge in [-0.2, -0.15) is 0 Å². The molecule has 1 aromatic heterocycles. The molecule has 8 nitrogen and oxygen atoms in total. The molecule has 0 saturated carbocycles. The van der Waals surface area contributed by atoms with Crippen molar-refractivity contribution in [2.75, 3.05) is 19.5 Å². The van der Waals surface area contributed by atoms with E-state index in [9.17, 15) is 10.1 Å². The molecule has 106 valence electrons. The van der Waals surface area contributed by atoms with Crippen molar-refractivity contribution in [3.05, 3.63) is 22.2 Å². The molecule has 1 aromatic carbocycles. The van der Waals surface area contributed by atoms with Gasteiger partial charge in [-0.1, -0.05) is 11.3 Å². The number of anilines is 1. The van der Waals surface area contributed by atoms with Crippen LogP contribution in [0.15, 0.2) is 12.1 Å². The Bertz CT molecular complexity index is 643. The van der Waals surface area contributed by atoms with E-state index >= 15 is 0 Å². The largest absolute Gasteiger partial charge is 0.493 e. The minimum absolute atomic E-state index is 0.125. The summed E-state index contributed by atoms with van der Waals surface area (Å²) in [7, 11) is 1.36. The van der Waals surface area contributed by atoms with Gasteiger partial charge in [0.25, 0.3) is 0 Å². The van der Waals surface area contributed by atoms with Crippen LogP contribution in [0, 0.1) is 10.1 Å². The molecule has 2 rings (SSSR count). The SMILES string of the molecule is CCOc1cc(OC)c([N+](=O)[O-])cc1-c1nnc(N)s1. The normalized spacial score (nSPS) is 10.3. The summed E-state index contributed by atoms with van der Waals surface area (Å²) < 4.78 is 10.5. The van der Waals surface area contributed by atoms with Crippen LogP contribution in [0.4, 0.5) is 10.8 Å². The third-order valence-corrected chi connectivity index (χ3v) is 3.23. The fourth-order valence-corrected chi connectivity index (χ4v) is 2.27. The molecule has 2 aromatic rings. The second-order valence-corrected chi connectivity index (χ2v) is 4.66. The molecule has 0 radical (unpaired) electrons. The van der Waals surface area contributed by atoms with Gasteiger partial charge in [-0.25, -0.2) is 0 Å². The Balaban J connectivity index is 2.63. The molecule has 0 aliphatic heterocycles. The maximum absolute atomic E-state index is 11.1. The lowest BCUT2D eigenvalue weighted by molar-refractivity contribution is -0.385. The topological polar surface area (TPSA) is 113 Å². The molecular formula is C11H12N4O4S. The Labute approximate surface area is 118 Å². The van der Waals surface area contributed by atoms with Gasteiger partial charge in [-0.05, 0) is 6.92 Å². The van der Waals surface area contributed by atoms with Crippen LogP contribution < -0.4 is 15.2 Å². The van der Waals surface area contributed by atoms with Gasteiger partial charge >= 0.3 is 5.69 Å². The number of methoxy groups -OCH3 is 1. The first-order chi connectivity index (χ1) is 9.56. The molecule has 0 fully saturated rings. The van der Waals surface area contributed by atoms with Crippen LogP contribution >= 0.6 is 11.3 Å². The molecule has 0 aliphatic carbocycles. The fourth-order valence-electron chi connectivity index (χ4n) is 1.64. The number of hydrogen-bond donors (Lipinski definition) is 1. The highest BCUT2D eigenvalue weighted by molar-refractivity contribution is 7.18. The molecule has 9 heteroatoms. The predicted octanol–water partition coefficient (Wildman–Crippen LogP) is 2.10. The second-order valence-electron chi connectivity index (χ2n) is 3.66. The molecule has 1 heterocycles. The number of rotatable bonds is 5. The quantitative estimate of drug-likeness (QED) is 0.663. The number of nitrogen functional groups attached to an aromatic ring is 1. The van der Waals surface area contributed by atoms with Crippen LogP contribution in [-0.4, -0.2) is 28.8 Å². The zero-order valence-corrected chi connectivity index (χ0v) is 11.6. The minimum atomic E-state index is -0.525. The Morgan fingerprint density at radius 1 is 1.40 bits per heavy atom. The summed E-state index contributed by atoms with van der Waals surface area (Å²) in [6.45, 7) is 2.22. The maximum atomic E-state index is 11.1. The highest BCUT2D eigenvalue weighted by atomic mass is 32.1. The molecule has 0 atom stereocenters. The van der Waals surface area contributed by atoms with E-state index in [-0.39, 0.29) is 16.6 Å². The molecule has 0 bridgehead atoms. The fraction of sp³-hybridized carbons (Fsp3) is 0.273. The van der Waals surface area contributed by atoms with Gasteiger partial charge in [0.05, 0.1) is 24.2 Å². The first kappa shape index (κ1) is 14.0. The Kier molecular flexibility index (Phi) is 3.99. The van der Waals surface area contributed by atoms with Crippen LogP contribution in [0.2, 0.25) is 0 Å². The van der Waals surface area contributed by atoms with Gasteiger partial charge in [0.2, 0.25) is 10.9 Å². The third-order valence-electron chi connectivity index (χ3n) is 2.45. The third kappa shape index (κ3) is 2.62. The van der Waals surface area contributed by atoms with Crippen molar-refractivity contribution in [2.45, 2.75) is 6.92 Å². The van der Waals surface area contributed by atoms with Crippen molar-refractivity contribution in [1.82, 2.24) is 10.2 Å². The monoisotopic (exact) mass is 296 g/mol. The first-order valence-electron chi connectivity index (χ1n) is 5.65. The number of benzene rings is 1. The van der Waals surface area contributed by atoms with Gasteiger partial charge in [0.1, 0.15) is 5.75 Å². The zero-order chi connectivity index (χ0) is 14.7. The van der Waals surface area contributed by atoms with E-state index in [1.165, 1.54) is 19.2 Å². The standard InChI is InChI=1S/C11H12N4O4S/c1-3-19-8-5-9(18-2)7(15(16)17)4-6(8)10-13-14-11(12)20-10/h4-5H,3H2,1-2H3,(H2,12,14). The summed E-state index contributed by atoms with van der Waals surface area (Å²) in [5.74, 6) is 0.561. The van der Waals surface area contributed by atoms with Gasteiger partial charge in [0, 0.05) is 12.1 Å². The van der Waals surface area contributed by atoms with Crippen molar-refractivity contribution in [1.29, 1.82) is 0 Å². The highest BCUT2D eigenvalue weighted by Gasteiger charge is 2.22. The van der Waals surface area contributed by atoms with Crippen LogP contribution in [0.1, 0.15) is 6.92 Å². The molecule has 0 aliphatic rings. The summed E-state index contributed by atoms with van der Waals surface area (Å²) >= 11 is 1.13. The molecule has 0 spiro atoms. The average Bonchev–Trinajstić information content (AvgIpc) is 2.84. The lowest BCUT2D eigenvalue weighted by atomic mass is 10.1. The number of hydrogen-bond acceptors (Lipinski definition) is 8. The van der Waals surface area contributed by atoms with Gasteiger partial charge in [-0.15, -0.1) is 10.2 Å². The lowest BCUT2D eigenvalue weighted by Gasteiger charge is -2.10. The van der Waals surface area contributed by atoms with E-state index < -0.39 is 4.92 Å². The lowest BCUT2D eigenvalue weighted by Crippen LogP contribution is -1.99. The zero-order valence-electron chi connectivity index (χ0n) is 10.8. The van der Waals surface area contributed by atoms with Crippen molar-refractivity contribution in [3.8, 4) is 22.1 Å². The van der Waals surface area contributed by atoms with Gasteiger partial charge in [0.15, 0.2) is 5.01 Å². The van der Waals surface area contributed by atoms with Gasteiger partial charge < -0.3 is 15.2 Å². The van der Waals surface area contributed by atoms with E-state index in [1.807, 2.05) is 6.92 Å². The van der Waals surface area contributed by atoms with Crippen molar-refractivity contribution in [2.24, 2.45) is 0 Å². The van der Waals surface area contributed by atoms with Crippen LogP contribution in [-0.2, 0) is 0 Å². The molecule has 0 saturated heterocycles. The van der Waals surface area contributed by atoms with Crippen LogP contribution in [0.3, 0.4) is 0 Å². The van der Waals surface area contributed by atoms with E-state index in [1.54, 1.807) is 0 Å². The first-order valence-corrected chi connectivity index (χ1v) is 6.47. The smallest absolute Gasteiger partial charge is 0.311 e.